The molecule has 0 heterocycles. The summed E-state index contributed by atoms with van der Waals surface area (Å²) in [6.07, 6.45) is 4.41. The van der Waals surface area contributed by atoms with Crippen molar-refractivity contribution in [2.24, 2.45) is 5.10 Å². The van der Waals surface area contributed by atoms with Gasteiger partial charge in [0.25, 0.3) is 0 Å². The van der Waals surface area contributed by atoms with Gasteiger partial charge in [-0.15, -0.1) is 0 Å². The van der Waals surface area contributed by atoms with Crippen molar-refractivity contribution in [2.75, 3.05) is 0 Å². The van der Waals surface area contributed by atoms with Gasteiger partial charge in [0.05, 0.1) is 5.71 Å². The predicted molar refractivity (Wildman–Crippen MR) is 80.6 cm³/mol. The Labute approximate surface area is 120 Å². The molecule has 0 aliphatic heterocycles. The number of unbranched alkanes of at least 4 members (excludes halogenated alkanes) is 2. The van der Waals surface area contributed by atoms with Crippen molar-refractivity contribution in [3.63, 3.8) is 0 Å². The minimum atomic E-state index is -0.0200. The zero-order valence-electron chi connectivity index (χ0n) is 11.6. The van der Waals surface area contributed by atoms with Crippen LogP contribution in [0.25, 0.3) is 0 Å². The first-order valence-corrected chi connectivity index (χ1v) is 7.16. The Morgan fingerprint density at radius 3 is 2.47 bits per heavy atom. The van der Waals surface area contributed by atoms with Crippen molar-refractivity contribution < 1.29 is 4.79 Å². The number of hydrogen-bond acceptors (Lipinski definition) is 2. The van der Waals surface area contributed by atoms with Crippen LogP contribution >= 0.6 is 11.6 Å². The monoisotopic (exact) mass is 280 g/mol. The van der Waals surface area contributed by atoms with Crippen molar-refractivity contribution in [2.45, 2.75) is 46.0 Å². The zero-order valence-corrected chi connectivity index (χ0v) is 12.3. The quantitative estimate of drug-likeness (QED) is 0.455. The van der Waals surface area contributed by atoms with Crippen molar-refractivity contribution in [1.29, 1.82) is 0 Å². The average molecular weight is 281 g/mol. The number of hydrogen-bond donors (Lipinski definition) is 1. The Hall–Kier alpha value is -1.35. The van der Waals surface area contributed by atoms with Gasteiger partial charge >= 0.3 is 0 Å². The van der Waals surface area contributed by atoms with E-state index in [0.717, 1.165) is 37.0 Å². The Morgan fingerprint density at radius 2 is 1.89 bits per heavy atom. The largest absolute Gasteiger partial charge is 0.273 e. The van der Waals surface area contributed by atoms with E-state index in [1.54, 1.807) is 0 Å². The van der Waals surface area contributed by atoms with Crippen LogP contribution in [0.15, 0.2) is 29.4 Å². The van der Waals surface area contributed by atoms with Crippen molar-refractivity contribution >= 4 is 23.2 Å². The Morgan fingerprint density at radius 1 is 1.21 bits per heavy atom. The second-order valence-electron chi connectivity index (χ2n) is 4.41. The van der Waals surface area contributed by atoms with Gasteiger partial charge in [-0.2, -0.15) is 5.10 Å². The molecule has 0 unspecified atom stereocenters. The van der Waals surface area contributed by atoms with Gasteiger partial charge < -0.3 is 0 Å². The van der Waals surface area contributed by atoms with Crippen LogP contribution in [0.1, 0.15) is 51.5 Å². The van der Waals surface area contributed by atoms with Crippen LogP contribution in [-0.2, 0) is 4.79 Å². The smallest absolute Gasteiger partial charge is 0.240 e. The molecule has 0 atom stereocenters. The van der Waals surface area contributed by atoms with Crippen LogP contribution < -0.4 is 5.43 Å². The molecule has 1 aromatic carbocycles. The van der Waals surface area contributed by atoms with E-state index in [4.69, 9.17) is 11.6 Å². The molecule has 0 radical (unpaired) electrons. The average Bonchev–Trinajstić information content (AvgIpc) is 2.41. The molecule has 0 bridgehead atoms. The number of halogens is 1. The summed E-state index contributed by atoms with van der Waals surface area (Å²) >= 11 is 5.85. The third kappa shape index (κ3) is 5.88. The van der Waals surface area contributed by atoms with Crippen LogP contribution in [0.5, 0.6) is 0 Å². The van der Waals surface area contributed by atoms with Crippen molar-refractivity contribution in [3.8, 4) is 0 Å². The molecule has 1 N–H and O–H groups in total. The number of rotatable bonds is 7. The molecule has 3 nitrogen and oxygen atoms in total. The number of nitrogens with zero attached hydrogens (tertiary/aromatic N) is 1. The summed E-state index contributed by atoms with van der Waals surface area (Å²) in [5.41, 5.74) is 4.47. The SMILES string of the molecule is CCCCCC(=O)NN=C(CC)c1ccc(Cl)cc1. The van der Waals surface area contributed by atoms with E-state index in [2.05, 4.69) is 17.5 Å². The fourth-order valence-corrected chi connectivity index (χ4v) is 1.84. The normalized spacial score (nSPS) is 11.4. The highest BCUT2D eigenvalue weighted by Gasteiger charge is 2.03. The maximum atomic E-state index is 11.6. The summed E-state index contributed by atoms with van der Waals surface area (Å²) in [5.74, 6) is -0.0200. The van der Waals surface area contributed by atoms with E-state index >= 15 is 0 Å². The molecule has 0 aliphatic carbocycles. The Balaban J connectivity index is 2.57. The molecule has 0 spiro atoms. The van der Waals surface area contributed by atoms with Gasteiger partial charge in [-0.3, -0.25) is 4.79 Å². The number of carbonyl (C=O) groups is 1. The standard InChI is InChI=1S/C15H21ClN2O/c1-3-5-6-7-15(19)18-17-14(4-2)12-8-10-13(16)11-9-12/h8-11H,3-7H2,1-2H3,(H,18,19). The number of benzene rings is 1. The lowest BCUT2D eigenvalue weighted by Gasteiger charge is -2.05. The molecule has 104 valence electrons. The second-order valence-corrected chi connectivity index (χ2v) is 4.85. The predicted octanol–water partition coefficient (Wildman–Crippen LogP) is 4.15. The fraction of sp³-hybridized carbons (Fsp3) is 0.467. The maximum absolute atomic E-state index is 11.6. The molecular weight excluding hydrogens is 260 g/mol. The van der Waals surface area contributed by atoms with E-state index in [0.29, 0.717) is 11.4 Å². The number of hydrazone groups is 1. The third-order valence-electron chi connectivity index (χ3n) is 2.84. The van der Waals surface area contributed by atoms with E-state index in [9.17, 15) is 4.79 Å². The lowest BCUT2D eigenvalue weighted by atomic mass is 10.1. The highest BCUT2D eigenvalue weighted by atomic mass is 35.5. The molecule has 1 amide bonds. The van der Waals surface area contributed by atoms with Gasteiger partial charge in [0, 0.05) is 11.4 Å². The van der Waals surface area contributed by atoms with Crippen LogP contribution in [-0.4, -0.2) is 11.6 Å². The molecule has 1 aromatic rings. The molecule has 0 fully saturated rings. The molecule has 4 heteroatoms. The lowest BCUT2D eigenvalue weighted by molar-refractivity contribution is -0.121. The van der Waals surface area contributed by atoms with Gasteiger partial charge in [-0.25, -0.2) is 5.43 Å². The van der Waals surface area contributed by atoms with E-state index in [-0.39, 0.29) is 5.91 Å². The summed E-state index contributed by atoms with van der Waals surface area (Å²) in [5, 5.41) is 4.89. The lowest BCUT2D eigenvalue weighted by Crippen LogP contribution is -2.19. The maximum Gasteiger partial charge on any atom is 0.240 e. The van der Waals surface area contributed by atoms with E-state index < -0.39 is 0 Å². The topological polar surface area (TPSA) is 41.5 Å². The molecular formula is C15H21ClN2O. The molecule has 0 saturated heterocycles. The zero-order chi connectivity index (χ0) is 14.1. The van der Waals surface area contributed by atoms with Crippen LogP contribution in [0.3, 0.4) is 0 Å². The Bertz CT molecular complexity index is 426. The summed E-state index contributed by atoms with van der Waals surface area (Å²) in [7, 11) is 0. The van der Waals surface area contributed by atoms with E-state index in [1.165, 1.54) is 0 Å². The van der Waals surface area contributed by atoms with Gasteiger partial charge in [-0.1, -0.05) is 50.4 Å². The number of amides is 1. The molecule has 19 heavy (non-hydrogen) atoms. The van der Waals surface area contributed by atoms with Crippen molar-refractivity contribution in [1.82, 2.24) is 5.43 Å². The first-order valence-electron chi connectivity index (χ1n) is 6.78. The highest BCUT2D eigenvalue weighted by Crippen LogP contribution is 2.11. The summed E-state index contributed by atoms with van der Waals surface area (Å²) < 4.78 is 0. The fourth-order valence-electron chi connectivity index (χ4n) is 1.71. The first kappa shape index (κ1) is 15.7. The van der Waals surface area contributed by atoms with Gasteiger partial charge in [0.1, 0.15) is 0 Å². The third-order valence-corrected chi connectivity index (χ3v) is 3.09. The summed E-state index contributed by atoms with van der Waals surface area (Å²) in [6, 6.07) is 7.47. The second kappa shape index (κ2) is 8.70. The molecule has 0 aliphatic rings. The van der Waals surface area contributed by atoms with Crippen LogP contribution in [0, 0.1) is 0 Å². The summed E-state index contributed by atoms with van der Waals surface area (Å²) in [4.78, 5) is 11.6. The minimum absolute atomic E-state index is 0.0200. The van der Waals surface area contributed by atoms with Gasteiger partial charge in [-0.05, 0) is 30.5 Å². The number of carbonyl (C=O) groups excluding carboxylic acids is 1. The Kier molecular flexibility index (Phi) is 7.19. The van der Waals surface area contributed by atoms with Crippen LogP contribution in [0.2, 0.25) is 5.02 Å². The highest BCUT2D eigenvalue weighted by molar-refractivity contribution is 6.30. The number of nitrogens with one attached hydrogen (secondary N) is 1. The minimum Gasteiger partial charge on any atom is -0.273 e. The molecule has 0 aromatic heterocycles. The van der Waals surface area contributed by atoms with Crippen LogP contribution in [0.4, 0.5) is 0 Å². The van der Waals surface area contributed by atoms with Gasteiger partial charge in [0.2, 0.25) is 5.91 Å². The summed E-state index contributed by atoms with van der Waals surface area (Å²) in [6.45, 7) is 4.13. The van der Waals surface area contributed by atoms with E-state index in [1.807, 2.05) is 31.2 Å². The molecule has 1 rings (SSSR count). The van der Waals surface area contributed by atoms with Gasteiger partial charge in [0.15, 0.2) is 0 Å². The molecule has 0 saturated carbocycles. The van der Waals surface area contributed by atoms with Crippen molar-refractivity contribution in [3.05, 3.63) is 34.9 Å². The first-order chi connectivity index (χ1) is 9.17.